The first-order chi connectivity index (χ1) is 11.7. The molecule has 0 unspecified atom stereocenters. The Morgan fingerprint density at radius 2 is 1.88 bits per heavy atom. The van der Waals surface area contributed by atoms with Crippen LogP contribution in [0.1, 0.15) is 17.3 Å². The first-order valence-electron chi connectivity index (χ1n) is 7.83. The topological polar surface area (TPSA) is 47.8 Å². The third-order valence-electron chi connectivity index (χ3n) is 4.17. The smallest absolute Gasteiger partial charge is 0.343 e. The van der Waals surface area contributed by atoms with Crippen LogP contribution in [0.4, 0.5) is 0 Å². The zero-order valence-corrected chi connectivity index (χ0v) is 13.2. The first kappa shape index (κ1) is 14.5. The Morgan fingerprint density at radius 3 is 2.62 bits per heavy atom. The number of hydrogen-bond acceptors (Lipinski definition) is 3. The van der Waals surface area contributed by atoms with Crippen molar-refractivity contribution in [1.29, 1.82) is 0 Å². The summed E-state index contributed by atoms with van der Waals surface area (Å²) in [5, 5.41) is 1.50. The maximum absolute atomic E-state index is 12.7. The standard InChI is InChI=1S/C20H15NO3/c1-2-24-20(23)16-12-21-17(13-7-4-3-5-8-13)11-14-9-6-10-15(18(14)21)19(16)22/h3-12H,2H2,1H3. The van der Waals surface area contributed by atoms with Crippen molar-refractivity contribution in [3.8, 4) is 11.3 Å². The minimum Gasteiger partial charge on any atom is -0.462 e. The molecule has 0 atom stereocenters. The van der Waals surface area contributed by atoms with E-state index in [4.69, 9.17) is 4.74 Å². The van der Waals surface area contributed by atoms with Gasteiger partial charge in [-0.05, 0) is 24.6 Å². The largest absolute Gasteiger partial charge is 0.462 e. The molecule has 2 aromatic carbocycles. The van der Waals surface area contributed by atoms with Crippen molar-refractivity contribution in [2.45, 2.75) is 6.92 Å². The molecule has 2 aromatic heterocycles. The molecule has 0 amide bonds. The van der Waals surface area contributed by atoms with Crippen LogP contribution in [-0.2, 0) is 4.74 Å². The van der Waals surface area contributed by atoms with Crippen molar-refractivity contribution in [3.05, 3.63) is 76.6 Å². The molecule has 0 aliphatic heterocycles. The number of pyridine rings is 1. The van der Waals surface area contributed by atoms with E-state index in [0.717, 1.165) is 22.2 Å². The van der Waals surface area contributed by atoms with Crippen molar-refractivity contribution >= 4 is 22.3 Å². The van der Waals surface area contributed by atoms with Crippen molar-refractivity contribution in [1.82, 2.24) is 4.40 Å². The fourth-order valence-electron chi connectivity index (χ4n) is 3.12. The number of carbonyl (C=O) groups is 1. The number of aromatic nitrogens is 1. The highest BCUT2D eigenvalue weighted by atomic mass is 16.5. The van der Waals surface area contributed by atoms with Gasteiger partial charge in [-0.25, -0.2) is 4.79 Å². The summed E-state index contributed by atoms with van der Waals surface area (Å²) in [6.07, 6.45) is 1.60. The summed E-state index contributed by atoms with van der Waals surface area (Å²) < 4.78 is 6.95. The van der Waals surface area contributed by atoms with Gasteiger partial charge >= 0.3 is 5.97 Å². The lowest BCUT2D eigenvalue weighted by Gasteiger charge is -2.08. The van der Waals surface area contributed by atoms with Crippen LogP contribution < -0.4 is 5.43 Å². The summed E-state index contributed by atoms with van der Waals surface area (Å²) >= 11 is 0. The molecule has 24 heavy (non-hydrogen) atoms. The van der Waals surface area contributed by atoms with Gasteiger partial charge in [0.1, 0.15) is 5.56 Å². The molecule has 0 aliphatic rings. The van der Waals surface area contributed by atoms with Gasteiger partial charge in [0, 0.05) is 17.0 Å². The van der Waals surface area contributed by atoms with Crippen molar-refractivity contribution < 1.29 is 9.53 Å². The van der Waals surface area contributed by atoms with E-state index in [2.05, 4.69) is 0 Å². The molecular weight excluding hydrogens is 302 g/mol. The molecule has 0 aliphatic carbocycles. The predicted octanol–water partition coefficient (Wildman–Crippen LogP) is 3.73. The van der Waals surface area contributed by atoms with E-state index in [1.165, 1.54) is 0 Å². The fourth-order valence-corrected chi connectivity index (χ4v) is 3.12. The molecule has 118 valence electrons. The lowest BCUT2D eigenvalue weighted by molar-refractivity contribution is 0.0524. The third kappa shape index (κ3) is 2.07. The van der Waals surface area contributed by atoms with E-state index in [-0.39, 0.29) is 17.6 Å². The SMILES string of the molecule is CCOC(=O)c1cn2c(-c3ccccc3)cc3cccc(c1=O)c32. The highest BCUT2D eigenvalue weighted by Crippen LogP contribution is 2.29. The molecular formula is C20H15NO3. The van der Waals surface area contributed by atoms with Gasteiger partial charge in [0.05, 0.1) is 17.8 Å². The van der Waals surface area contributed by atoms with Gasteiger partial charge < -0.3 is 9.14 Å². The van der Waals surface area contributed by atoms with Crippen LogP contribution in [0, 0.1) is 0 Å². The van der Waals surface area contributed by atoms with E-state index in [9.17, 15) is 9.59 Å². The van der Waals surface area contributed by atoms with Crippen LogP contribution in [0.2, 0.25) is 0 Å². The maximum Gasteiger partial charge on any atom is 0.343 e. The average molecular weight is 317 g/mol. The minimum atomic E-state index is -0.585. The number of benzene rings is 2. The normalized spacial score (nSPS) is 11.2. The van der Waals surface area contributed by atoms with Gasteiger partial charge in [0.2, 0.25) is 5.43 Å². The summed E-state index contributed by atoms with van der Waals surface area (Å²) in [7, 11) is 0. The van der Waals surface area contributed by atoms with Gasteiger partial charge in [-0.3, -0.25) is 4.79 Å². The number of rotatable bonds is 3. The third-order valence-corrected chi connectivity index (χ3v) is 4.17. The molecule has 0 spiro atoms. The zero-order valence-electron chi connectivity index (χ0n) is 13.2. The molecule has 0 N–H and O–H groups in total. The van der Waals surface area contributed by atoms with E-state index in [0.29, 0.717) is 5.39 Å². The second-order valence-electron chi connectivity index (χ2n) is 5.60. The molecule has 2 heterocycles. The quantitative estimate of drug-likeness (QED) is 0.541. The molecule has 4 rings (SSSR count). The number of para-hydroxylation sites is 1. The van der Waals surface area contributed by atoms with E-state index in [1.807, 2.05) is 52.9 Å². The molecule has 4 aromatic rings. The monoisotopic (exact) mass is 317 g/mol. The van der Waals surface area contributed by atoms with Gasteiger partial charge in [-0.1, -0.05) is 42.5 Å². The van der Waals surface area contributed by atoms with Crippen molar-refractivity contribution in [2.24, 2.45) is 0 Å². The lowest BCUT2D eigenvalue weighted by atomic mass is 10.1. The number of carbonyl (C=O) groups excluding carboxylic acids is 1. The summed E-state index contributed by atoms with van der Waals surface area (Å²) in [5.41, 5.74) is 2.56. The van der Waals surface area contributed by atoms with Crippen LogP contribution in [0.5, 0.6) is 0 Å². The molecule has 0 bridgehead atoms. The first-order valence-corrected chi connectivity index (χ1v) is 7.83. The van der Waals surface area contributed by atoms with Gasteiger partial charge in [0.15, 0.2) is 0 Å². The minimum absolute atomic E-state index is 0.0604. The second kappa shape index (κ2) is 5.49. The molecule has 4 heteroatoms. The molecule has 0 radical (unpaired) electrons. The summed E-state index contributed by atoms with van der Waals surface area (Å²) in [5.74, 6) is -0.585. The summed E-state index contributed by atoms with van der Waals surface area (Å²) in [6, 6.07) is 17.5. The van der Waals surface area contributed by atoms with Crippen molar-refractivity contribution in [3.63, 3.8) is 0 Å². The number of ether oxygens (including phenoxy) is 1. The Kier molecular flexibility index (Phi) is 3.31. The van der Waals surface area contributed by atoms with Gasteiger partial charge in [-0.2, -0.15) is 0 Å². The Balaban J connectivity index is 2.10. The summed E-state index contributed by atoms with van der Waals surface area (Å²) in [6.45, 7) is 1.96. The number of hydrogen-bond donors (Lipinski definition) is 0. The summed E-state index contributed by atoms with van der Waals surface area (Å²) in [4.78, 5) is 24.9. The molecule has 0 fully saturated rings. The number of nitrogens with zero attached hydrogens (tertiary/aromatic N) is 1. The number of esters is 1. The molecule has 0 saturated heterocycles. The maximum atomic E-state index is 12.7. The fraction of sp³-hybridized carbons (Fsp3) is 0.100. The van der Waals surface area contributed by atoms with Crippen LogP contribution >= 0.6 is 0 Å². The Morgan fingerprint density at radius 1 is 1.08 bits per heavy atom. The average Bonchev–Trinajstić information content (AvgIpc) is 2.98. The highest BCUT2D eigenvalue weighted by molar-refractivity contribution is 6.02. The lowest BCUT2D eigenvalue weighted by Crippen LogP contribution is -2.19. The van der Waals surface area contributed by atoms with E-state index < -0.39 is 5.97 Å². The van der Waals surface area contributed by atoms with Crippen LogP contribution in [0.3, 0.4) is 0 Å². The van der Waals surface area contributed by atoms with Gasteiger partial charge in [-0.15, -0.1) is 0 Å². The van der Waals surface area contributed by atoms with E-state index in [1.54, 1.807) is 19.2 Å². The zero-order chi connectivity index (χ0) is 16.7. The Hall–Kier alpha value is -3.14. The van der Waals surface area contributed by atoms with Crippen LogP contribution in [-0.4, -0.2) is 17.0 Å². The van der Waals surface area contributed by atoms with Gasteiger partial charge in [0.25, 0.3) is 0 Å². The Labute approximate surface area is 138 Å². The van der Waals surface area contributed by atoms with Crippen LogP contribution in [0.25, 0.3) is 27.5 Å². The van der Waals surface area contributed by atoms with Crippen molar-refractivity contribution in [2.75, 3.05) is 6.61 Å². The van der Waals surface area contributed by atoms with E-state index >= 15 is 0 Å². The predicted molar refractivity (Wildman–Crippen MR) is 93.8 cm³/mol. The second-order valence-corrected chi connectivity index (χ2v) is 5.60. The Bertz CT molecular complexity index is 1100. The van der Waals surface area contributed by atoms with Crippen LogP contribution in [0.15, 0.2) is 65.6 Å². The highest BCUT2D eigenvalue weighted by Gasteiger charge is 2.19. The molecule has 0 saturated carbocycles. The molecule has 4 nitrogen and oxygen atoms in total.